The third kappa shape index (κ3) is 5.20. The Morgan fingerprint density at radius 2 is 1.84 bits per heavy atom. The van der Waals surface area contributed by atoms with E-state index in [9.17, 15) is 27.6 Å². The number of hydrogen-bond donors (Lipinski definition) is 1. The highest BCUT2D eigenvalue weighted by Crippen LogP contribution is 2.22. The lowest BCUT2D eigenvalue weighted by Crippen LogP contribution is -2.50. The average molecular weight is 358 g/mol. The molecule has 1 aromatic rings. The second-order valence-electron chi connectivity index (χ2n) is 5.66. The molecule has 0 bridgehead atoms. The van der Waals surface area contributed by atoms with E-state index in [0.717, 1.165) is 4.90 Å². The van der Waals surface area contributed by atoms with Crippen LogP contribution in [0.3, 0.4) is 0 Å². The topological polar surface area (TPSA) is 75.7 Å². The fourth-order valence-electron chi connectivity index (χ4n) is 2.54. The Labute approximate surface area is 141 Å². The smallest absolute Gasteiger partial charge is 0.427 e. The number of carbonyl (C=O) groups is 3. The van der Waals surface area contributed by atoms with Gasteiger partial charge in [0.1, 0.15) is 5.75 Å². The number of rotatable bonds is 3. The van der Waals surface area contributed by atoms with E-state index < -0.39 is 24.0 Å². The first-order chi connectivity index (χ1) is 11.7. The van der Waals surface area contributed by atoms with Crippen LogP contribution < -0.4 is 10.1 Å². The predicted octanol–water partition coefficient (Wildman–Crippen LogP) is 1.89. The average Bonchev–Trinajstić information content (AvgIpc) is 2.53. The molecule has 1 heterocycles. The minimum Gasteiger partial charge on any atom is -0.427 e. The first-order valence-electron chi connectivity index (χ1n) is 7.62. The molecule has 0 radical (unpaired) electrons. The van der Waals surface area contributed by atoms with E-state index in [1.165, 1.54) is 25.1 Å². The molecule has 1 aliphatic heterocycles. The summed E-state index contributed by atoms with van der Waals surface area (Å²) in [5.74, 6) is -2.56. The Kier molecular flexibility index (Phi) is 5.66. The summed E-state index contributed by atoms with van der Waals surface area (Å²) in [5, 5.41) is 2.72. The number of alkyl halides is 3. The third-order valence-electron chi connectivity index (χ3n) is 3.72. The Morgan fingerprint density at radius 3 is 2.40 bits per heavy atom. The maximum Gasteiger partial charge on any atom is 0.471 e. The number of halogens is 3. The molecule has 0 aliphatic carbocycles. The van der Waals surface area contributed by atoms with Crippen molar-refractivity contribution in [3.05, 3.63) is 29.8 Å². The van der Waals surface area contributed by atoms with Gasteiger partial charge in [-0.1, -0.05) is 6.07 Å². The zero-order valence-electron chi connectivity index (χ0n) is 13.4. The molecule has 9 heteroatoms. The molecule has 0 atom stereocenters. The van der Waals surface area contributed by atoms with E-state index >= 15 is 0 Å². The van der Waals surface area contributed by atoms with Crippen molar-refractivity contribution in [3.63, 3.8) is 0 Å². The maximum atomic E-state index is 12.4. The summed E-state index contributed by atoms with van der Waals surface area (Å²) in [7, 11) is 0. The molecule has 1 N–H and O–H groups in total. The van der Waals surface area contributed by atoms with Gasteiger partial charge in [-0.15, -0.1) is 0 Å². The van der Waals surface area contributed by atoms with Crippen molar-refractivity contribution >= 4 is 17.8 Å². The number of hydrogen-bond acceptors (Lipinski definition) is 4. The highest BCUT2D eigenvalue weighted by Gasteiger charge is 2.43. The zero-order valence-corrected chi connectivity index (χ0v) is 13.4. The highest BCUT2D eigenvalue weighted by molar-refractivity contribution is 5.95. The third-order valence-corrected chi connectivity index (χ3v) is 3.72. The van der Waals surface area contributed by atoms with Crippen LogP contribution in [0.15, 0.2) is 24.3 Å². The summed E-state index contributed by atoms with van der Waals surface area (Å²) in [6, 6.07) is 5.68. The molecule has 0 spiro atoms. The fourth-order valence-corrected chi connectivity index (χ4v) is 2.54. The van der Waals surface area contributed by atoms with Gasteiger partial charge >= 0.3 is 18.1 Å². The molecular weight excluding hydrogens is 341 g/mol. The molecular formula is C16H17F3N2O4. The van der Waals surface area contributed by atoms with Gasteiger partial charge in [-0.05, 0) is 31.0 Å². The van der Waals surface area contributed by atoms with E-state index in [-0.39, 0.29) is 43.3 Å². The van der Waals surface area contributed by atoms with Crippen LogP contribution in [0.25, 0.3) is 0 Å². The molecule has 0 aromatic heterocycles. The summed E-state index contributed by atoms with van der Waals surface area (Å²) in [5.41, 5.74) is 0.271. The van der Waals surface area contributed by atoms with Crippen LogP contribution in [-0.2, 0) is 9.59 Å². The number of esters is 1. The first kappa shape index (κ1) is 18.8. The normalized spacial score (nSPS) is 15.6. The quantitative estimate of drug-likeness (QED) is 0.661. The lowest BCUT2D eigenvalue weighted by molar-refractivity contribution is -0.186. The highest BCUT2D eigenvalue weighted by atomic mass is 19.4. The van der Waals surface area contributed by atoms with Crippen LogP contribution in [0.2, 0.25) is 0 Å². The summed E-state index contributed by atoms with van der Waals surface area (Å²) in [4.78, 5) is 35.1. The van der Waals surface area contributed by atoms with Gasteiger partial charge in [0.15, 0.2) is 0 Å². The van der Waals surface area contributed by atoms with Gasteiger partial charge in [0.2, 0.25) is 0 Å². The van der Waals surface area contributed by atoms with Crippen molar-refractivity contribution in [2.75, 3.05) is 13.1 Å². The molecule has 1 aliphatic rings. The van der Waals surface area contributed by atoms with Gasteiger partial charge in [-0.3, -0.25) is 14.4 Å². The fraction of sp³-hybridized carbons (Fsp3) is 0.438. The molecule has 2 amide bonds. The number of benzene rings is 1. The molecule has 1 saturated heterocycles. The van der Waals surface area contributed by atoms with Crippen LogP contribution in [0, 0.1) is 0 Å². The van der Waals surface area contributed by atoms with E-state index in [4.69, 9.17) is 4.74 Å². The van der Waals surface area contributed by atoms with Gasteiger partial charge < -0.3 is 15.0 Å². The molecule has 6 nitrogen and oxygen atoms in total. The number of nitrogens with zero attached hydrogens (tertiary/aromatic N) is 1. The summed E-state index contributed by atoms with van der Waals surface area (Å²) in [6.07, 6.45) is -4.42. The van der Waals surface area contributed by atoms with E-state index in [0.29, 0.717) is 0 Å². The SMILES string of the molecule is CC(=O)Oc1cccc(C(=O)NC2CCN(C(=O)C(F)(F)F)CC2)c1. The van der Waals surface area contributed by atoms with Crippen LogP contribution in [0.1, 0.15) is 30.1 Å². The number of amides is 2. The number of piperidine rings is 1. The number of carbonyl (C=O) groups excluding carboxylic acids is 3. The van der Waals surface area contributed by atoms with Crippen LogP contribution >= 0.6 is 0 Å². The van der Waals surface area contributed by atoms with Crippen molar-refractivity contribution in [2.24, 2.45) is 0 Å². The monoisotopic (exact) mass is 358 g/mol. The minimum atomic E-state index is -4.88. The van der Waals surface area contributed by atoms with Gasteiger partial charge in [-0.25, -0.2) is 0 Å². The molecule has 0 saturated carbocycles. The summed E-state index contributed by atoms with van der Waals surface area (Å²) >= 11 is 0. The van der Waals surface area contributed by atoms with Crippen molar-refractivity contribution < 1.29 is 32.3 Å². The molecule has 136 valence electrons. The molecule has 1 fully saturated rings. The van der Waals surface area contributed by atoms with Crippen molar-refractivity contribution in [3.8, 4) is 5.75 Å². The Hall–Kier alpha value is -2.58. The zero-order chi connectivity index (χ0) is 18.6. The first-order valence-corrected chi connectivity index (χ1v) is 7.62. The van der Waals surface area contributed by atoms with Crippen molar-refractivity contribution in [1.29, 1.82) is 0 Å². The molecule has 25 heavy (non-hydrogen) atoms. The predicted molar refractivity (Wildman–Crippen MR) is 80.9 cm³/mol. The van der Waals surface area contributed by atoms with Crippen LogP contribution in [-0.4, -0.2) is 48.0 Å². The van der Waals surface area contributed by atoms with E-state index in [1.807, 2.05) is 0 Å². The lowest BCUT2D eigenvalue weighted by atomic mass is 10.0. The van der Waals surface area contributed by atoms with Crippen molar-refractivity contribution in [1.82, 2.24) is 10.2 Å². The maximum absolute atomic E-state index is 12.4. The van der Waals surface area contributed by atoms with Gasteiger partial charge in [0, 0.05) is 31.6 Å². The standard InChI is InChI=1S/C16H17F3N2O4/c1-10(22)25-13-4-2-3-11(9-13)14(23)20-12-5-7-21(8-6-12)15(24)16(17,18)19/h2-4,9,12H,5-8H2,1H3,(H,20,23). The van der Waals surface area contributed by atoms with E-state index in [2.05, 4.69) is 5.32 Å². The second-order valence-corrected chi connectivity index (χ2v) is 5.66. The second kappa shape index (κ2) is 7.54. The molecule has 2 rings (SSSR count). The largest absolute Gasteiger partial charge is 0.471 e. The number of likely N-dealkylation sites (tertiary alicyclic amines) is 1. The van der Waals surface area contributed by atoms with Gasteiger partial charge in [-0.2, -0.15) is 13.2 Å². The Bertz CT molecular complexity index is 668. The minimum absolute atomic E-state index is 0.0726. The molecule has 0 unspecified atom stereocenters. The van der Waals surface area contributed by atoms with Gasteiger partial charge in [0.05, 0.1) is 0 Å². The lowest BCUT2D eigenvalue weighted by Gasteiger charge is -2.32. The van der Waals surface area contributed by atoms with Gasteiger partial charge in [0.25, 0.3) is 5.91 Å². The van der Waals surface area contributed by atoms with E-state index in [1.54, 1.807) is 6.07 Å². The summed E-state index contributed by atoms with van der Waals surface area (Å²) < 4.78 is 42.1. The van der Waals surface area contributed by atoms with Crippen LogP contribution in [0.5, 0.6) is 5.75 Å². The molecule has 1 aromatic carbocycles. The number of nitrogens with one attached hydrogen (secondary N) is 1. The van der Waals surface area contributed by atoms with Crippen LogP contribution in [0.4, 0.5) is 13.2 Å². The summed E-state index contributed by atoms with van der Waals surface area (Å²) in [6.45, 7) is 1.09. The van der Waals surface area contributed by atoms with Crippen molar-refractivity contribution in [2.45, 2.75) is 32.0 Å². The Balaban J connectivity index is 1.90. The Morgan fingerprint density at radius 1 is 1.20 bits per heavy atom. The number of ether oxygens (including phenoxy) is 1.